The van der Waals surface area contributed by atoms with Gasteiger partial charge in [0, 0.05) is 18.6 Å². The molecule has 2 aromatic heterocycles. The maximum atomic E-state index is 12.6. The Morgan fingerprint density at radius 2 is 2.00 bits per heavy atom. The van der Waals surface area contributed by atoms with Gasteiger partial charge in [0.05, 0.1) is 10.4 Å². The van der Waals surface area contributed by atoms with E-state index in [4.69, 9.17) is 11.6 Å². The Balaban J connectivity index is 1.86. The second kappa shape index (κ2) is 8.46. The van der Waals surface area contributed by atoms with Gasteiger partial charge in [-0.15, -0.1) is 11.3 Å². The van der Waals surface area contributed by atoms with Crippen molar-refractivity contribution in [2.45, 2.75) is 6.42 Å². The second-order valence-corrected chi connectivity index (χ2v) is 7.39. The Hall–Kier alpha value is -3.17. The molecule has 0 unspecified atom stereocenters. The fraction of sp³-hybridized carbons (Fsp3) is 0.158. The molecule has 3 aromatic rings. The minimum atomic E-state index is -1.54. The lowest BCUT2D eigenvalue weighted by Gasteiger charge is -2.11. The molecule has 1 aromatic carbocycles. The van der Waals surface area contributed by atoms with E-state index < -0.39 is 28.9 Å². The number of nitrogens with zero attached hydrogens (tertiary/aromatic N) is 2. The molecule has 2 heterocycles. The highest BCUT2D eigenvalue weighted by molar-refractivity contribution is 7.14. The normalized spacial score (nSPS) is 10.7. The van der Waals surface area contributed by atoms with Gasteiger partial charge in [-0.25, -0.2) is 9.78 Å². The van der Waals surface area contributed by atoms with Crippen LogP contribution in [-0.4, -0.2) is 38.2 Å². The van der Waals surface area contributed by atoms with Gasteiger partial charge in [0.25, 0.3) is 11.5 Å². The van der Waals surface area contributed by atoms with E-state index in [1.54, 1.807) is 17.5 Å². The number of halogens is 1. The molecule has 150 valence electrons. The molecule has 10 heteroatoms. The molecule has 0 aliphatic rings. The highest BCUT2D eigenvalue weighted by Crippen LogP contribution is 2.28. The smallest absolute Gasteiger partial charge is 0.358 e. The van der Waals surface area contributed by atoms with Gasteiger partial charge in [-0.2, -0.15) is 0 Å². The summed E-state index contributed by atoms with van der Waals surface area (Å²) in [6.07, 6.45) is 0.532. The fourth-order valence-corrected chi connectivity index (χ4v) is 3.86. The Labute approximate surface area is 174 Å². The third-order valence-electron chi connectivity index (χ3n) is 4.22. The number of carboxylic acids is 1. The van der Waals surface area contributed by atoms with Crippen LogP contribution < -0.4 is 10.9 Å². The number of nitrogens with one attached hydrogen (secondary N) is 1. The molecule has 0 radical (unpaired) electrons. The molecule has 29 heavy (non-hydrogen) atoms. The van der Waals surface area contributed by atoms with Crippen LogP contribution in [0.25, 0.3) is 10.7 Å². The lowest BCUT2D eigenvalue weighted by Crippen LogP contribution is -2.27. The second-order valence-electron chi connectivity index (χ2n) is 6.06. The van der Waals surface area contributed by atoms with Gasteiger partial charge in [0.15, 0.2) is 11.5 Å². The van der Waals surface area contributed by atoms with Crippen molar-refractivity contribution in [3.8, 4) is 16.5 Å². The number of aromatic nitrogens is 2. The van der Waals surface area contributed by atoms with Crippen molar-refractivity contribution in [3.63, 3.8) is 0 Å². The van der Waals surface area contributed by atoms with Gasteiger partial charge in [0.1, 0.15) is 0 Å². The van der Waals surface area contributed by atoms with Crippen molar-refractivity contribution < 1.29 is 19.8 Å². The molecule has 0 fully saturated rings. The van der Waals surface area contributed by atoms with E-state index in [2.05, 4.69) is 10.3 Å². The third kappa shape index (κ3) is 4.15. The molecule has 3 N–H and O–H groups in total. The van der Waals surface area contributed by atoms with Crippen LogP contribution >= 0.6 is 22.9 Å². The fourth-order valence-electron chi connectivity index (χ4n) is 2.71. The highest BCUT2D eigenvalue weighted by Gasteiger charge is 2.23. The zero-order valence-corrected chi connectivity index (χ0v) is 16.8. The Morgan fingerprint density at radius 3 is 2.69 bits per heavy atom. The lowest BCUT2D eigenvalue weighted by atomic mass is 10.1. The molecular weight excluding hydrogens is 418 g/mol. The highest BCUT2D eigenvalue weighted by atomic mass is 35.5. The van der Waals surface area contributed by atoms with Crippen molar-refractivity contribution in [3.05, 3.63) is 67.9 Å². The van der Waals surface area contributed by atoms with Gasteiger partial charge in [-0.05, 0) is 29.5 Å². The van der Waals surface area contributed by atoms with E-state index in [9.17, 15) is 24.6 Å². The zero-order chi connectivity index (χ0) is 21.1. The minimum Gasteiger partial charge on any atom is -0.501 e. The molecule has 8 nitrogen and oxygen atoms in total. The van der Waals surface area contributed by atoms with Crippen LogP contribution in [0.1, 0.15) is 26.4 Å². The van der Waals surface area contributed by atoms with E-state index in [0.717, 1.165) is 21.5 Å². The SMILES string of the molecule is Cn1c(-c2sccc2C(=O)NCCc2ccccc2Cl)nc(C(=O)O)c(O)c1=O. The number of aromatic hydroxyl groups is 1. The molecule has 0 bridgehead atoms. The Kier molecular flexibility index (Phi) is 6.00. The van der Waals surface area contributed by atoms with Crippen LogP contribution in [0, 0.1) is 0 Å². The zero-order valence-electron chi connectivity index (χ0n) is 15.2. The van der Waals surface area contributed by atoms with Crippen LogP contribution in [0.5, 0.6) is 5.75 Å². The molecule has 0 saturated carbocycles. The first kappa shape index (κ1) is 20.6. The Morgan fingerprint density at radius 1 is 1.28 bits per heavy atom. The number of rotatable bonds is 6. The number of hydrogen-bond donors (Lipinski definition) is 3. The van der Waals surface area contributed by atoms with Crippen molar-refractivity contribution in [1.82, 2.24) is 14.9 Å². The first-order valence-corrected chi connectivity index (χ1v) is 9.69. The van der Waals surface area contributed by atoms with E-state index in [0.29, 0.717) is 22.9 Å². The van der Waals surface area contributed by atoms with Gasteiger partial charge in [-0.3, -0.25) is 14.2 Å². The summed E-state index contributed by atoms with van der Waals surface area (Å²) in [7, 11) is 1.34. The number of carbonyl (C=O) groups excluding carboxylic acids is 1. The van der Waals surface area contributed by atoms with Crippen molar-refractivity contribution >= 4 is 34.8 Å². The lowest BCUT2D eigenvalue weighted by molar-refractivity contribution is 0.0686. The molecule has 0 aliphatic carbocycles. The van der Waals surface area contributed by atoms with E-state index in [-0.39, 0.29) is 11.4 Å². The van der Waals surface area contributed by atoms with Crippen molar-refractivity contribution in [1.29, 1.82) is 0 Å². The first-order valence-electron chi connectivity index (χ1n) is 8.44. The average Bonchev–Trinajstić information content (AvgIpc) is 3.17. The van der Waals surface area contributed by atoms with Crippen LogP contribution in [0.15, 0.2) is 40.5 Å². The molecule has 0 spiro atoms. The first-order chi connectivity index (χ1) is 13.8. The molecular formula is C19H16ClN3O5S. The molecule has 1 amide bonds. The summed E-state index contributed by atoms with van der Waals surface area (Å²) in [6, 6.07) is 8.88. The van der Waals surface area contributed by atoms with Crippen LogP contribution in [0.3, 0.4) is 0 Å². The maximum Gasteiger partial charge on any atom is 0.358 e. The van der Waals surface area contributed by atoms with Gasteiger partial charge in [-0.1, -0.05) is 29.8 Å². The topological polar surface area (TPSA) is 122 Å². The number of aromatic carboxylic acids is 1. The molecule has 3 rings (SSSR count). The van der Waals surface area contributed by atoms with Gasteiger partial charge >= 0.3 is 5.97 Å². The summed E-state index contributed by atoms with van der Waals surface area (Å²) in [5.41, 5.74) is -0.528. The summed E-state index contributed by atoms with van der Waals surface area (Å²) in [5, 5.41) is 23.9. The van der Waals surface area contributed by atoms with E-state index in [1.165, 1.54) is 7.05 Å². The summed E-state index contributed by atoms with van der Waals surface area (Å²) in [4.78, 5) is 40.3. The summed E-state index contributed by atoms with van der Waals surface area (Å²) in [5.74, 6) is -2.90. The number of carboxylic acid groups (broad SMARTS) is 1. The molecule has 0 saturated heterocycles. The number of hydrogen-bond acceptors (Lipinski definition) is 6. The van der Waals surface area contributed by atoms with Crippen LogP contribution in [0.2, 0.25) is 5.02 Å². The van der Waals surface area contributed by atoms with Gasteiger partial charge < -0.3 is 15.5 Å². The summed E-state index contributed by atoms with van der Waals surface area (Å²) >= 11 is 7.24. The monoisotopic (exact) mass is 433 g/mol. The number of carbonyl (C=O) groups is 2. The van der Waals surface area contributed by atoms with E-state index >= 15 is 0 Å². The van der Waals surface area contributed by atoms with Crippen molar-refractivity contribution in [2.24, 2.45) is 7.05 Å². The number of thiophene rings is 1. The van der Waals surface area contributed by atoms with Crippen LogP contribution in [0.4, 0.5) is 0 Å². The predicted molar refractivity (Wildman–Crippen MR) is 109 cm³/mol. The average molecular weight is 434 g/mol. The number of amides is 1. The summed E-state index contributed by atoms with van der Waals surface area (Å²) in [6.45, 7) is 0.333. The summed E-state index contributed by atoms with van der Waals surface area (Å²) < 4.78 is 1.01. The molecule has 0 aliphatic heterocycles. The maximum absolute atomic E-state index is 12.6. The largest absolute Gasteiger partial charge is 0.501 e. The minimum absolute atomic E-state index is 0.0172. The van der Waals surface area contributed by atoms with Crippen molar-refractivity contribution in [2.75, 3.05) is 6.54 Å². The van der Waals surface area contributed by atoms with E-state index in [1.807, 2.05) is 18.2 Å². The quantitative estimate of drug-likeness (QED) is 0.549. The van der Waals surface area contributed by atoms with Crippen LogP contribution in [-0.2, 0) is 13.5 Å². The predicted octanol–water partition coefficient (Wildman–Crippen LogP) is 2.54. The third-order valence-corrected chi connectivity index (χ3v) is 5.50. The Bertz CT molecular complexity index is 1150. The number of benzene rings is 1. The molecule has 0 atom stereocenters. The van der Waals surface area contributed by atoms with Gasteiger partial charge in [0.2, 0.25) is 5.75 Å². The standard InChI is InChI=1S/C19H16ClN3O5S/c1-23-16(22-13(19(27)28)14(24)18(23)26)15-11(7-9-29-15)17(25)21-8-6-10-4-2-3-5-12(10)20/h2-5,7,9,24H,6,8H2,1H3,(H,21,25)(H,27,28).